The number of nitrogens with two attached hydrogens (primary N) is 1. The summed E-state index contributed by atoms with van der Waals surface area (Å²) in [7, 11) is 0. The Labute approximate surface area is 112 Å². The Morgan fingerprint density at radius 3 is 2.65 bits per heavy atom. The summed E-state index contributed by atoms with van der Waals surface area (Å²) in [5.41, 5.74) is 6.85. The Morgan fingerprint density at radius 1 is 1.29 bits per heavy atom. The van der Waals surface area contributed by atoms with Crippen LogP contribution < -0.4 is 11.1 Å². The van der Waals surface area contributed by atoms with Gasteiger partial charge in [0.15, 0.2) is 0 Å². The van der Waals surface area contributed by atoms with E-state index in [-0.39, 0.29) is 6.04 Å². The Morgan fingerprint density at radius 2 is 2.00 bits per heavy atom. The van der Waals surface area contributed by atoms with Crippen molar-refractivity contribution in [3.63, 3.8) is 0 Å². The maximum atomic E-state index is 6.22. The Hall–Kier alpha value is -0.280. The summed E-state index contributed by atoms with van der Waals surface area (Å²) in [5, 5.41) is 4.80. The van der Waals surface area contributed by atoms with Crippen LogP contribution in [0.1, 0.15) is 37.3 Å². The molecule has 4 heteroatoms. The van der Waals surface area contributed by atoms with Crippen LogP contribution in [0.2, 0.25) is 10.0 Å². The molecule has 0 aromatic heterocycles. The minimum Gasteiger partial charge on any atom is -0.329 e. The van der Waals surface area contributed by atoms with Gasteiger partial charge in [-0.1, -0.05) is 48.2 Å². The molecule has 0 amide bonds. The van der Waals surface area contributed by atoms with Crippen molar-refractivity contribution in [2.45, 2.75) is 37.8 Å². The van der Waals surface area contributed by atoms with Crippen LogP contribution in [0.5, 0.6) is 0 Å². The molecule has 1 atom stereocenters. The lowest BCUT2D eigenvalue weighted by molar-refractivity contribution is 0.444. The summed E-state index contributed by atoms with van der Waals surface area (Å²) in [6.45, 7) is 0.538. The predicted molar refractivity (Wildman–Crippen MR) is 73.6 cm³/mol. The van der Waals surface area contributed by atoms with E-state index in [2.05, 4.69) is 5.32 Å². The highest BCUT2D eigenvalue weighted by Crippen LogP contribution is 2.31. The maximum absolute atomic E-state index is 6.22. The molecule has 1 fully saturated rings. The van der Waals surface area contributed by atoms with Crippen molar-refractivity contribution < 1.29 is 0 Å². The van der Waals surface area contributed by atoms with Crippen molar-refractivity contribution in [1.82, 2.24) is 5.32 Å². The lowest BCUT2D eigenvalue weighted by Gasteiger charge is -2.23. The lowest BCUT2D eigenvalue weighted by atomic mass is 10.1. The van der Waals surface area contributed by atoms with Gasteiger partial charge < -0.3 is 11.1 Å². The minimum absolute atomic E-state index is 0.101. The molecule has 94 valence electrons. The second-order valence-corrected chi connectivity index (χ2v) is 5.36. The molecule has 0 saturated heterocycles. The van der Waals surface area contributed by atoms with E-state index in [0.29, 0.717) is 22.6 Å². The van der Waals surface area contributed by atoms with Gasteiger partial charge in [0.25, 0.3) is 0 Å². The highest BCUT2D eigenvalue weighted by atomic mass is 35.5. The molecule has 1 unspecified atom stereocenters. The summed E-state index contributed by atoms with van der Waals surface area (Å²) >= 11 is 12.3. The van der Waals surface area contributed by atoms with Crippen LogP contribution >= 0.6 is 23.2 Å². The van der Waals surface area contributed by atoms with E-state index in [4.69, 9.17) is 28.9 Å². The molecule has 0 spiro atoms. The molecule has 0 aliphatic heterocycles. The Balaban J connectivity index is 2.13. The van der Waals surface area contributed by atoms with E-state index in [1.807, 2.05) is 12.1 Å². The molecule has 3 N–H and O–H groups in total. The monoisotopic (exact) mass is 272 g/mol. The van der Waals surface area contributed by atoms with E-state index < -0.39 is 0 Å². The summed E-state index contributed by atoms with van der Waals surface area (Å²) in [5.74, 6) is 0. The first kappa shape index (κ1) is 13.2. The van der Waals surface area contributed by atoms with E-state index >= 15 is 0 Å². The highest BCUT2D eigenvalue weighted by Gasteiger charge is 2.21. The first-order valence-corrected chi connectivity index (χ1v) is 6.88. The zero-order valence-corrected chi connectivity index (χ0v) is 11.3. The van der Waals surface area contributed by atoms with E-state index in [1.165, 1.54) is 25.7 Å². The van der Waals surface area contributed by atoms with Crippen LogP contribution in [0.4, 0.5) is 0 Å². The van der Waals surface area contributed by atoms with Crippen LogP contribution in [-0.4, -0.2) is 12.6 Å². The molecule has 0 radical (unpaired) electrons. The van der Waals surface area contributed by atoms with Crippen molar-refractivity contribution in [2.75, 3.05) is 6.54 Å². The molecule has 17 heavy (non-hydrogen) atoms. The summed E-state index contributed by atoms with van der Waals surface area (Å²) in [4.78, 5) is 0. The Kier molecular flexibility index (Phi) is 4.69. The van der Waals surface area contributed by atoms with Gasteiger partial charge in [-0.3, -0.25) is 0 Å². The normalized spacial score (nSPS) is 18.5. The van der Waals surface area contributed by atoms with E-state index in [1.54, 1.807) is 6.07 Å². The molecule has 1 aliphatic carbocycles. The van der Waals surface area contributed by atoms with E-state index in [0.717, 1.165) is 5.56 Å². The van der Waals surface area contributed by atoms with Gasteiger partial charge in [-0.25, -0.2) is 0 Å². The van der Waals surface area contributed by atoms with Crippen molar-refractivity contribution >= 4 is 23.2 Å². The topological polar surface area (TPSA) is 38.0 Å². The van der Waals surface area contributed by atoms with Gasteiger partial charge in [0.2, 0.25) is 0 Å². The summed E-state index contributed by atoms with van der Waals surface area (Å²) in [6, 6.07) is 6.38. The fourth-order valence-electron chi connectivity index (χ4n) is 2.45. The van der Waals surface area contributed by atoms with E-state index in [9.17, 15) is 0 Å². The van der Waals surface area contributed by atoms with Crippen LogP contribution in [0.25, 0.3) is 0 Å². The van der Waals surface area contributed by atoms with Gasteiger partial charge in [0, 0.05) is 18.6 Å². The number of rotatable bonds is 4. The molecule has 1 aliphatic rings. The molecular formula is C13H18Cl2N2. The summed E-state index contributed by atoms with van der Waals surface area (Å²) in [6.07, 6.45) is 5.07. The number of hydrogen-bond acceptors (Lipinski definition) is 2. The van der Waals surface area contributed by atoms with Crippen molar-refractivity contribution in [2.24, 2.45) is 5.73 Å². The van der Waals surface area contributed by atoms with Gasteiger partial charge in [-0.2, -0.15) is 0 Å². The third-order valence-electron chi connectivity index (χ3n) is 3.38. The van der Waals surface area contributed by atoms with Crippen LogP contribution in [0.3, 0.4) is 0 Å². The summed E-state index contributed by atoms with van der Waals surface area (Å²) < 4.78 is 0. The molecule has 2 rings (SSSR count). The predicted octanol–water partition coefficient (Wildman–Crippen LogP) is 3.53. The smallest absolute Gasteiger partial charge is 0.0640 e. The molecule has 1 aromatic carbocycles. The second-order valence-electron chi connectivity index (χ2n) is 4.58. The SMILES string of the molecule is NCC(NC1CCCC1)c1cccc(Cl)c1Cl. The van der Waals surface area contributed by atoms with Crippen LogP contribution in [0.15, 0.2) is 18.2 Å². The zero-order valence-electron chi connectivity index (χ0n) is 9.76. The third-order valence-corrected chi connectivity index (χ3v) is 4.22. The highest BCUT2D eigenvalue weighted by molar-refractivity contribution is 6.42. The van der Waals surface area contributed by atoms with Crippen molar-refractivity contribution in [1.29, 1.82) is 0 Å². The molecule has 0 bridgehead atoms. The van der Waals surface area contributed by atoms with Crippen LogP contribution in [-0.2, 0) is 0 Å². The van der Waals surface area contributed by atoms with Crippen molar-refractivity contribution in [3.05, 3.63) is 33.8 Å². The van der Waals surface area contributed by atoms with Crippen molar-refractivity contribution in [3.8, 4) is 0 Å². The minimum atomic E-state index is 0.101. The average Bonchev–Trinajstić information content (AvgIpc) is 2.83. The fourth-order valence-corrected chi connectivity index (χ4v) is 2.89. The van der Waals surface area contributed by atoms with Gasteiger partial charge >= 0.3 is 0 Å². The number of halogens is 2. The largest absolute Gasteiger partial charge is 0.329 e. The standard InChI is InChI=1S/C13H18Cl2N2/c14-11-7-3-6-10(13(11)15)12(8-16)17-9-4-1-2-5-9/h3,6-7,9,12,17H,1-2,4-5,8,16H2. The third kappa shape index (κ3) is 3.14. The Bertz CT molecular complexity index is 376. The van der Waals surface area contributed by atoms with Gasteiger partial charge in [-0.15, -0.1) is 0 Å². The van der Waals surface area contributed by atoms with Gasteiger partial charge in [0.05, 0.1) is 10.0 Å². The maximum Gasteiger partial charge on any atom is 0.0640 e. The number of benzene rings is 1. The molecule has 1 aromatic rings. The number of hydrogen-bond donors (Lipinski definition) is 2. The molecule has 1 saturated carbocycles. The van der Waals surface area contributed by atoms with Gasteiger partial charge in [0.1, 0.15) is 0 Å². The number of nitrogens with one attached hydrogen (secondary N) is 1. The lowest BCUT2D eigenvalue weighted by Crippen LogP contribution is -2.35. The zero-order chi connectivity index (χ0) is 12.3. The van der Waals surface area contributed by atoms with Gasteiger partial charge in [-0.05, 0) is 24.5 Å². The quantitative estimate of drug-likeness (QED) is 0.880. The first-order valence-electron chi connectivity index (χ1n) is 6.12. The molecule has 0 heterocycles. The molecular weight excluding hydrogens is 255 g/mol. The fraction of sp³-hybridized carbons (Fsp3) is 0.538. The average molecular weight is 273 g/mol. The van der Waals surface area contributed by atoms with Crippen LogP contribution in [0, 0.1) is 0 Å². The first-order chi connectivity index (χ1) is 8.22. The molecule has 2 nitrogen and oxygen atoms in total. The second kappa shape index (κ2) is 6.05.